The van der Waals surface area contributed by atoms with Crippen LogP contribution in [0, 0.1) is 0 Å². The third-order valence-electron chi connectivity index (χ3n) is 1.92. The Morgan fingerprint density at radius 1 is 1.19 bits per heavy atom. The summed E-state index contributed by atoms with van der Waals surface area (Å²) in [4.78, 5) is 11.2. The van der Waals surface area contributed by atoms with Crippen molar-refractivity contribution in [2.24, 2.45) is 0 Å². The minimum atomic E-state index is 0.0454. The topological polar surface area (TPSA) is 67.8 Å². The molecule has 0 aromatic rings. The number of carbonyl (C=O) groups is 1. The van der Waals surface area contributed by atoms with Crippen molar-refractivity contribution in [3.63, 3.8) is 0 Å². The van der Waals surface area contributed by atoms with E-state index in [0.29, 0.717) is 39.4 Å². The van der Waals surface area contributed by atoms with Crippen LogP contribution in [-0.4, -0.2) is 50.6 Å². The molecule has 16 heavy (non-hydrogen) atoms. The van der Waals surface area contributed by atoms with E-state index >= 15 is 0 Å². The molecule has 0 heterocycles. The zero-order chi connectivity index (χ0) is 12.1. The van der Waals surface area contributed by atoms with Crippen molar-refractivity contribution in [1.29, 1.82) is 0 Å². The molecular formula is C11H23NO4. The van der Waals surface area contributed by atoms with E-state index in [-0.39, 0.29) is 12.5 Å². The lowest BCUT2D eigenvalue weighted by atomic mass is 10.3. The Balaban J connectivity index is 3.11. The van der Waals surface area contributed by atoms with Crippen LogP contribution in [0.3, 0.4) is 0 Å². The number of hydrogen-bond donors (Lipinski definition) is 2. The summed E-state index contributed by atoms with van der Waals surface area (Å²) in [6.45, 7) is 4.88. The summed E-state index contributed by atoms with van der Waals surface area (Å²) in [5.74, 6) is 0.0573. The molecule has 0 aliphatic rings. The Morgan fingerprint density at radius 3 is 2.62 bits per heavy atom. The summed E-state index contributed by atoms with van der Waals surface area (Å²) < 4.78 is 10.2. The van der Waals surface area contributed by atoms with Gasteiger partial charge >= 0.3 is 0 Å². The molecule has 0 aliphatic heterocycles. The van der Waals surface area contributed by atoms with E-state index in [1.165, 1.54) is 0 Å². The Kier molecular flexibility index (Phi) is 11.9. The number of amides is 1. The summed E-state index contributed by atoms with van der Waals surface area (Å²) >= 11 is 0. The third-order valence-corrected chi connectivity index (χ3v) is 1.92. The number of nitrogens with one attached hydrogen (secondary N) is 1. The second kappa shape index (κ2) is 12.4. The highest BCUT2D eigenvalue weighted by Gasteiger charge is 1.99. The van der Waals surface area contributed by atoms with Crippen LogP contribution in [0.1, 0.15) is 26.2 Å². The van der Waals surface area contributed by atoms with Crippen LogP contribution >= 0.6 is 0 Å². The molecule has 0 spiro atoms. The standard InChI is InChI=1S/C11H23NO4/c1-2-15-8-3-5-11(14)12-6-4-9-16-10-7-13/h13H,2-10H2,1H3,(H,12,14). The number of aliphatic hydroxyl groups excluding tert-OH is 1. The van der Waals surface area contributed by atoms with Gasteiger partial charge in [-0.15, -0.1) is 0 Å². The molecule has 0 rings (SSSR count). The maximum Gasteiger partial charge on any atom is 0.220 e. The number of rotatable bonds is 11. The fraction of sp³-hybridized carbons (Fsp3) is 0.909. The fourth-order valence-corrected chi connectivity index (χ4v) is 1.14. The highest BCUT2D eigenvalue weighted by Crippen LogP contribution is 1.90. The molecule has 0 bridgehead atoms. The van der Waals surface area contributed by atoms with Crippen LogP contribution in [0.5, 0.6) is 0 Å². The van der Waals surface area contributed by atoms with Crippen LogP contribution in [0.25, 0.3) is 0 Å². The molecule has 2 N–H and O–H groups in total. The normalized spacial score (nSPS) is 10.4. The fourth-order valence-electron chi connectivity index (χ4n) is 1.14. The molecular weight excluding hydrogens is 210 g/mol. The summed E-state index contributed by atoms with van der Waals surface area (Å²) in [7, 11) is 0. The molecule has 0 aliphatic carbocycles. The number of carbonyl (C=O) groups excluding carboxylic acids is 1. The summed E-state index contributed by atoms with van der Waals surface area (Å²) in [6.07, 6.45) is 2.05. The van der Waals surface area contributed by atoms with Gasteiger partial charge in [0.1, 0.15) is 0 Å². The average molecular weight is 233 g/mol. The van der Waals surface area contributed by atoms with E-state index in [4.69, 9.17) is 14.6 Å². The highest BCUT2D eigenvalue weighted by atomic mass is 16.5. The second-order valence-corrected chi connectivity index (χ2v) is 3.34. The first-order valence-electron chi connectivity index (χ1n) is 5.84. The lowest BCUT2D eigenvalue weighted by Crippen LogP contribution is -2.25. The lowest BCUT2D eigenvalue weighted by molar-refractivity contribution is -0.121. The largest absolute Gasteiger partial charge is 0.394 e. The monoisotopic (exact) mass is 233 g/mol. The van der Waals surface area contributed by atoms with E-state index in [1.807, 2.05) is 6.92 Å². The van der Waals surface area contributed by atoms with Gasteiger partial charge in [-0.3, -0.25) is 4.79 Å². The van der Waals surface area contributed by atoms with Crippen molar-refractivity contribution in [2.75, 3.05) is 39.6 Å². The van der Waals surface area contributed by atoms with E-state index in [2.05, 4.69) is 5.32 Å². The highest BCUT2D eigenvalue weighted by molar-refractivity contribution is 5.75. The first-order valence-corrected chi connectivity index (χ1v) is 5.84. The smallest absolute Gasteiger partial charge is 0.220 e. The minimum Gasteiger partial charge on any atom is -0.394 e. The van der Waals surface area contributed by atoms with Crippen LogP contribution in [0.4, 0.5) is 0 Å². The molecule has 0 unspecified atom stereocenters. The third kappa shape index (κ3) is 11.4. The van der Waals surface area contributed by atoms with Gasteiger partial charge < -0.3 is 19.9 Å². The summed E-state index contributed by atoms with van der Waals surface area (Å²) in [6, 6.07) is 0. The van der Waals surface area contributed by atoms with Crippen molar-refractivity contribution >= 4 is 5.91 Å². The van der Waals surface area contributed by atoms with E-state index in [9.17, 15) is 4.79 Å². The Bertz CT molecular complexity index is 164. The van der Waals surface area contributed by atoms with Gasteiger partial charge in [-0.25, -0.2) is 0 Å². The van der Waals surface area contributed by atoms with Crippen molar-refractivity contribution in [1.82, 2.24) is 5.32 Å². The number of hydrogen-bond acceptors (Lipinski definition) is 4. The maximum atomic E-state index is 11.2. The zero-order valence-electron chi connectivity index (χ0n) is 10.0. The molecule has 0 saturated carbocycles. The molecule has 1 amide bonds. The van der Waals surface area contributed by atoms with Gasteiger partial charge in [-0.1, -0.05) is 0 Å². The molecule has 0 aromatic heterocycles. The first kappa shape index (κ1) is 15.3. The van der Waals surface area contributed by atoms with E-state index in [0.717, 1.165) is 12.8 Å². The van der Waals surface area contributed by atoms with E-state index in [1.54, 1.807) is 0 Å². The van der Waals surface area contributed by atoms with Crippen LogP contribution in [-0.2, 0) is 14.3 Å². The molecule has 0 atom stereocenters. The SMILES string of the molecule is CCOCCCC(=O)NCCCOCCO. The summed E-state index contributed by atoms with van der Waals surface area (Å²) in [5.41, 5.74) is 0. The van der Waals surface area contributed by atoms with Gasteiger partial charge in [-0.2, -0.15) is 0 Å². The number of aliphatic hydroxyl groups is 1. The molecule has 0 radical (unpaired) electrons. The number of ether oxygens (including phenoxy) is 2. The Labute approximate surface area is 97.1 Å². The molecule has 0 saturated heterocycles. The van der Waals surface area contributed by atoms with Crippen molar-refractivity contribution < 1.29 is 19.4 Å². The van der Waals surface area contributed by atoms with Crippen molar-refractivity contribution in [3.8, 4) is 0 Å². The summed E-state index contributed by atoms with van der Waals surface area (Å²) in [5, 5.41) is 11.2. The quantitative estimate of drug-likeness (QED) is 0.504. The molecule has 5 nitrogen and oxygen atoms in total. The van der Waals surface area contributed by atoms with Crippen molar-refractivity contribution in [2.45, 2.75) is 26.2 Å². The van der Waals surface area contributed by atoms with Gasteiger partial charge in [0, 0.05) is 32.8 Å². The average Bonchev–Trinajstić information content (AvgIpc) is 2.29. The maximum absolute atomic E-state index is 11.2. The minimum absolute atomic E-state index is 0.0454. The second-order valence-electron chi connectivity index (χ2n) is 3.34. The van der Waals surface area contributed by atoms with Crippen LogP contribution in [0.2, 0.25) is 0 Å². The van der Waals surface area contributed by atoms with Gasteiger partial charge in [0.25, 0.3) is 0 Å². The Hall–Kier alpha value is -0.650. The van der Waals surface area contributed by atoms with Crippen LogP contribution in [0.15, 0.2) is 0 Å². The van der Waals surface area contributed by atoms with Gasteiger partial charge in [0.15, 0.2) is 0 Å². The van der Waals surface area contributed by atoms with Crippen LogP contribution < -0.4 is 5.32 Å². The van der Waals surface area contributed by atoms with Crippen molar-refractivity contribution in [3.05, 3.63) is 0 Å². The van der Waals surface area contributed by atoms with E-state index < -0.39 is 0 Å². The molecule has 96 valence electrons. The van der Waals surface area contributed by atoms with Gasteiger partial charge in [0.05, 0.1) is 13.2 Å². The zero-order valence-corrected chi connectivity index (χ0v) is 10.0. The lowest BCUT2D eigenvalue weighted by Gasteiger charge is -2.05. The predicted molar refractivity (Wildman–Crippen MR) is 61.3 cm³/mol. The first-order chi connectivity index (χ1) is 7.81. The molecule has 0 aromatic carbocycles. The Morgan fingerprint density at radius 2 is 1.94 bits per heavy atom. The van der Waals surface area contributed by atoms with Gasteiger partial charge in [0.2, 0.25) is 5.91 Å². The van der Waals surface area contributed by atoms with Gasteiger partial charge in [-0.05, 0) is 19.8 Å². The molecule has 5 heteroatoms. The predicted octanol–water partition coefficient (Wildman–Crippen LogP) is 0.318. The molecule has 0 fully saturated rings.